The number of piperidine rings is 1. The number of rotatable bonds is 7. The summed E-state index contributed by atoms with van der Waals surface area (Å²) in [6, 6.07) is 7.78. The van der Waals surface area contributed by atoms with Crippen LogP contribution >= 0.6 is 0 Å². The molecule has 3 aliphatic heterocycles. The van der Waals surface area contributed by atoms with Gasteiger partial charge in [-0.25, -0.2) is 0 Å². The number of benzene rings is 5. The molecule has 0 atom stereocenters. The van der Waals surface area contributed by atoms with Crippen LogP contribution in [0.5, 0.6) is 0 Å². The zero-order valence-electron chi connectivity index (χ0n) is 29.6. The molecular formula is C38H20F14N4O4. The molecule has 5 aromatic carbocycles. The number of hydrogen-bond donors (Lipinski definition) is 0. The molecule has 0 aliphatic carbocycles. The van der Waals surface area contributed by atoms with Gasteiger partial charge in [-0.1, -0.05) is 12.1 Å². The van der Waals surface area contributed by atoms with E-state index < -0.39 is 110 Å². The number of alkyl halides is 14. The van der Waals surface area contributed by atoms with E-state index in [4.69, 9.17) is 0 Å². The zero-order valence-corrected chi connectivity index (χ0v) is 29.6. The summed E-state index contributed by atoms with van der Waals surface area (Å²) in [5.74, 6) is -32.3. The van der Waals surface area contributed by atoms with Gasteiger partial charge in [0.25, 0.3) is 23.6 Å². The van der Waals surface area contributed by atoms with Crippen LogP contribution in [0.2, 0.25) is 0 Å². The van der Waals surface area contributed by atoms with Gasteiger partial charge in [0.2, 0.25) is 0 Å². The van der Waals surface area contributed by atoms with Crippen molar-refractivity contribution in [2.45, 2.75) is 55.3 Å². The van der Waals surface area contributed by atoms with Crippen molar-refractivity contribution in [3.05, 3.63) is 64.2 Å². The minimum absolute atomic E-state index is 0.0294. The molecule has 0 bridgehead atoms. The lowest BCUT2D eigenvalue weighted by atomic mass is 9.80. The summed E-state index contributed by atoms with van der Waals surface area (Å²) in [5.41, 5.74) is -2.93. The van der Waals surface area contributed by atoms with Crippen molar-refractivity contribution in [1.82, 2.24) is 9.80 Å². The number of carbonyl (C=O) groups excluding carboxylic acids is 4. The Kier molecular flexibility index (Phi) is 8.50. The lowest BCUT2D eigenvalue weighted by molar-refractivity contribution is -0.354. The molecule has 4 amide bonds. The standard InChI is InChI=1S/C38H20F14N4O4/c39-33(40,35(43,44)37(47,48)49)13-55-29(57)18-7-5-17-26-22(54-8-2-1-3-9-54)11-21-25-19(30(58)56(32(21)60)14-34(41,42)36(45,46)38(50,51)52)6-4-16(28(25)26)23-15(12-53)10-20(31(55)59)24(18)27(17)23/h4-7,10-11H,1-3,8-9,13-14H2. The molecule has 0 N–H and O–H groups in total. The van der Waals surface area contributed by atoms with Gasteiger partial charge in [-0.2, -0.15) is 66.7 Å². The summed E-state index contributed by atoms with van der Waals surface area (Å²) in [6.07, 6.45) is -11.8. The van der Waals surface area contributed by atoms with Crippen LogP contribution in [0.4, 0.5) is 67.2 Å². The molecule has 1 fully saturated rings. The zero-order chi connectivity index (χ0) is 44.0. The molecule has 0 aromatic heterocycles. The van der Waals surface area contributed by atoms with Gasteiger partial charge < -0.3 is 4.90 Å². The van der Waals surface area contributed by atoms with Gasteiger partial charge >= 0.3 is 36.0 Å². The minimum Gasteiger partial charge on any atom is -0.371 e. The summed E-state index contributed by atoms with van der Waals surface area (Å²) in [4.78, 5) is 55.9. The molecule has 8 nitrogen and oxygen atoms in total. The third kappa shape index (κ3) is 5.28. The van der Waals surface area contributed by atoms with Crippen LogP contribution in [-0.4, -0.2) is 95.7 Å². The molecule has 3 heterocycles. The molecule has 314 valence electrons. The SMILES string of the molecule is N#Cc1cc2c3c(ccc4c5c(N6CCCCC6)cc6c7c(ccc(c1c34)c75)C(=O)N(CC(F)(F)C(F)(F)C(F)(F)F)C6=O)C(=O)N(CC(F)(F)C(F)(F)C(F)(F)F)C2=O. The van der Waals surface area contributed by atoms with E-state index >= 15 is 0 Å². The van der Waals surface area contributed by atoms with Crippen LogP contribution in [0.15, 0.2) is 36.4 Å². The smallest absolute Gasteiger partial charge is 0.371 e. The number of nitrogens with zero attached hydrogens (tertiary/aromatic N) is 4. The highest BCUT2D eigenvalue weighted by Gasteiger charge is 2.74. The van der Waals surface area contributed by atoms with Gasteiger partial charge in [-0.3, -0.25) is 29.0 Å². The molecule has 60 heavy (non-hydrogen) atoms. The monoisotopic (exact) mass is 862 g/mol. The molecule has 5 aromatic rings. The second kappa shape index (κ2) is 12.5. The van der Waals surface area contributed by atoms with Gasteiger partial charge in [0.05, 0.1) is 35.8 Å². The average molecular weight is 863 g/mol. The molecule has 8 rings (SSSR count). The van der Waals surface area contributed by atoms with Crippen molar-refractivity contribution < 1.29 is 80.6 Å². The molecule has 1 saturated heterocycles. The maximum atomic E-state index is 14.8. The van der Waals surface area contributed by atoms with E-state index in [1.807, 2.05) is 0 Å². The first kappa shape index (κ1) is 40.8. The number of halogens is 14. The molecule has 0 unspecified atom stereocenters. The number of anilines is 1. The quantitative estimate of drug-likeness (QED) is 0.0700. The maximum absolute atomic E-state index is 14.8. The normalized spacial score (nSPS) is 17.3. The molecular weight excluding hydrogens is 842 g/mol. The average Bonchev–Trinajstić information content (AvgIpc) is 3.17. The van der Waals surface area contributed by atoms with Crippen LogP contribution in [0, 0.1) is 11.3 Å². The first-order valence-corrected chi connectivity index (χ1v) is 17.5. The Balaban J connectivity index is 1.40. The van der Waals surface area contributed by atoms with Crippen LogP contribution in [0.1, 0.15) is 66.3 Å². The van der Waals surface area contributed by atoms with E-state index in [0.29, 0.717) is 19.3 Å². The molecule has 0 spiro atoms. The highest BCUT2D eigenvalue weighted by molar-refractivity contribution is 6.43. The summed E-state index contributed by atoms with van der Waals surface area (Å²) >= 11 is 0. The predicted molar refractivity (Wildman–Crippen MR) is 181 cm³/mol. The Morgan fingerprint density at radius 3 is 1.33 bits per heavy atom. The largest absolute Gasteiger partial charge is 0.459 e. The fourth-order valence-corrected chi connectivity index (χ4v) is 8.32. The Hall–Kier alpha value is -6.01. The Morgan fingerprint density at radius 2 is 0.900 bits per heavy atom. The van der Waals surface area contributed by atoms with Gasteiger partial charge in [0, 0.05) is 62.2 Å². The first-order valence-electron chi connectivity index (χ1n) is 17.5. The summed E-state index contributed by atoms with van der Waals surface area (Å²) in [7, 11) is 0. The topological polar surface area (TPSA) is 102 Å². The van der Waals surface area contributed by atoms with Crippen LogP contribution < -0.4 is 4.90 Å². The van der Waals surface area contributed by atoms with E-state index in [9.17, 15) is 85.9 Å². The van der Waals surface area contributed by atoms with Crippen LogP contribution in [-0.2, 0) is 0 Å². The number of amides is 4. The summed E-state index contributed by atoms with van der Waals surface area (Å²) in [6.45, 7) is -4.92. The highest BCUT2D eigenvalue weighted by Crippen LogP contribution is 2.53. The molecule has 3 aliphatic rings. The van der Waals surface area contributed by atoms with E-state index in [-0.39, 0.29) is 61.9 Å². The second-order valence-electron chi connectivity index (χ2n) is 14.6. The van der Waals surface area contributed by atoms with Crippen molar-refractivity contribution in [3.63, 3.8) is 0 Å². The molecule has 22 heteroatoms. The fraction of sp³-hybridized carbons (Fsp3) is 0.342. The van der Waals surface area contributed by atoms with Crippen LogP contribution in [0.3, 0.4) is 0 Å². The summed E-state index contributed by atoms with van der Waals surface area (Å²) < 4.78 is 193. The second-order valence-corrected chi connectivity index (χ2v) is 14.6. The van der Waals surface area contributed by atoms with Crippen molar-refractivity contribution in [2.24, 2.45) is 0 Å². The molecule has 0 saturated carbocycles. The third-order valence-electron chi connectivity index (χ3n) is 11.1. The number of carbonyl (C=O) groups is 4. The van der Waals surface area contributed by atoms with Crippen molar-refractivity contribution in [3.8, 4) is 6.07 Å². The number of fused-ring (bicyclic) bond motifs is 2. The Labute approximate surface area is 324 Å². The van der Waals surface area contributed by atoms with E-state index in [1.165, 1.54) is 6.07 Å². The van der Waals surface area contributed by atoms with Gasteiger partial charge in [0.1, 0.15) is 0 Å². The van der Waals surface area contributed by atoms with E-state index in [2.05, 4.69) is 0 Å². The Morgan fingerprint density at radius 1 is 0.500 bits per heavy atom. The van der Waals surface area contributed by atoms with Crippen molar-refractivity contribution in [1.29, 1.82) is 5.26 Å². The van der Waals surface area contributed by atoms with Gasteiger partial charge in [0.15, 0.2) is 0 Å². The van der Waals surface area contributed by atoms with Crippen molar-refractivity contribution in [2.75, 3.05) is 31.1 Å². The van der Waals surface area contributed by atoms with Crippen molar-refractivity contribution >= 4 is 72.4 Å². The number of nitriles is 1. The lowest BCUT2D eigenvalue weighted by Crippen LogP contribution is -2.59. The number of hydrogen-bond acceptors (Lipinski definition) is 6. The predicted octanol–water partition coefficient (Wildman–Crippen LogP) is 9.46. The van der Waals surface area contributed by atoms with E-state index in [1.54, 1.807) is 11.0 Å². The van der Waals surface area contributed by atoms with Crippen LogP contribution in [0.25, 0.3) is 43.1 Å². The summed E-state index contributed by atoms with van der Waals surface area (Å²) in [5, 5.41) is 9.61. The van der Waals surface area contributed by atoms with E-state index in [0.717, 1.165) is 30.3 Å². The minimum atomic E-state index is -6.80. The molecule has 0 radical (unpaired) electrons. The fourth-order valence-electron chi connectivity index (χ4n) is 8.32. The first-order chi connectivity index (χ1) is 27.7. The number of imide groups is 2. The maximum Gasteiger partial charge on any atom is 0.459 e. The Bertz CT molecular complexity index is 2800. The van der Waals surface area contributed by atoms with Gasteiger partial charge in [-0.15, -0.1) is 0 Å². The third-order valence-corrected chi connectivity index (χ3v) is 11.1. The van der Waals surface area contributed by atoms with Gasteiger partial charge in [-0.05, 0) is 54.3 Å². The highest BCUT2D eigenvalue weighted by atomic mass is 19.4. The lowest BCUT2D eigenvalue weighted by Gasteiger charge is -2.36.